The molecule has 0 N–H and O–H groups in total. The molecule has 4 aromatic rings. The van der Waals surface area contributed by atoms with Gasteiger partial charge in [-0.3, -0.25) is 0 Å². The van der Waals surface area contributed by atoms with Crippen molar-refractivity contribution < 1.29 is 8.42 Å². The average Bonchev–Trinajstić information content (AvgIpc) is 3.15. The van der Waals surface area contributed by atoms with Crippen LogP contribution < -0.4 is 4.90 Å². The largest absolute Gasteiger partial charge is 0.351 e. The second-order valence-electron chi connectivity index (χ2n) is 9.32. The van der Waals surface area contributed by atoms with Gasteiger partial charge in [0.25, 0.3) is 0 Å². The topological polar surface area (TPSA) is 84.2 Å². The molecule has 0 unspecified atom stereocenters. The molecule has 1 aliphatic rings. The molecule has 182 valence electrons. The Morgan fingerprint density at radius 1 is 0.771 bits per heavy atom. The van der Waals surface area contributed by atoms with Gasteiger partial charge in [-0.2, -0.15) is 9.40 Å². The molecule has 0 bridgehead atoms. The third-order valence-corrected chi connectivity index (χ3v) is 8.69. The lowest BCUT2D eigenvalue weighted by Gasteiger charge is -2.35. The van der Waals surface area contributed by atoms with Crippen LogP contribution in [0.3, 0.4) is 0 Å². The van der Waals surface area contributed by atoms with Crippen molar-refractivity contribution in [3.63, 3.8) is 0 Å². The number of fused-ring (bicyclic) bond motifs is 1. The zero-order valence-corrected chi connectivity index (χ0v) is 21.6. The highest BCUT2D eigenvalue weighted by atomic mass is 32.2. The van der Waals surface area contributed by atoms with Gasteiger partial charge in [0.15, 0.2) is 11.6 Å². The summed E-state index contributed by atoms with van der Waals surface area (Å²) in [6.07, 6.45) is 0. The molecule has 0 atom stereocenters. The number of anilines is 1. The SMILES string of the molecule is Cc1cc(C)c(S(=O)(=O)N2CCN(c3nc4ccccc4nc3-n3nc(C)cc3C)CC2)c(C)c1. The van der Waals surface area contributed by atoms with Crippen LogP contribution in [0.25, 0.3) is 16.9 Å². The fourth-order valence-electron chi connectivity index (χ4n) is 5.02. The number of piperazine rings is 1. The number of aromatic nitrogens is 4. The van der Waals surface area contributed by atoms with Crippen molar-refractivity contribution in [1.29, 1.82) is 0 Å². The number of benzene rings is 2. The first kappa shape index (κ1) is 23.4. The van der Waals surface area contributed by atoms with E-state index in [4.69, 9.17) is 9.97 Å². The standard InChI is InChI=1S/C26H30N6O2S/c1-17-14-18(2)24(19(3)15-17)35(33,34)31-12-10-30(11-13-31)25-26(32-21(5)16-20(4)29-32)28-23-9-7-6-8-22(23)27-25/h6-9,14-16H,10-13H2,1-5H3. The Morgan fingerprint density at radius 2 is 1.34 bits per heavy atom. The molecule has 9 heteroatoms. The van der Waals surface area contributed by atoms with E-state index in [0.717, 1.165) is 44.9 Å². The van der Waals surface area contributed by atoms with E-state index in [2.05, 4.69) is 10.00 Å². The van der Waals surface area contributed by atoms with Gasteiger partial charge in [-0.15, -0.1) is 0 Å². The quantitative estimate of drug-likeness (QED) is 0.432. The van der Waals surface area contributed by atoms with Gasteiger partial charge < -0.3 is 4.90 Å². The third-order valence-electron chi connectivity index (χ3n) is 6.49. The third kappa shape index (κ3) is 4.19. The van der Waals surface area contributed by atoms with Crippen LogP contribution in [0.5, 0.6) is 0 Å². The van der Waals surface area contributed by atoms with Crippen molar-refractivity contribution in [2.24, 2.45) is 0 Å². The second-order valence-corrected chi connectivity index (χ2v) is 11.2. The molecule has 2 aromatic heterocycles. The molecule has 3 heterocycles. The Morgan fingerprint density at radius 3 is 1.89 bits per heavy atom. The van der Waals surface area contributed by atoms with Crippen LogP contribution in [0, 0.1) is 34.6 Å². The lowest BCUT2D eigenvalue weighted by Crippen LogP contribution is -2.49. The number of sulfonamides is 1. The molecule has 0 spiro atoms. The molecule has 2 aromatic carbocycles. The Balaban J connectivity index is 1.49. The highest BCUT2D eigenvalue weighted by molar-refractivity contribution is 7.89. The number of hydrogen-bond acceptors (Lipinski definition) is 6. The summed E-state index contributed by atoms with van der Waals surface area (Å²) in [6.45, 7) is 11.5. The van der Waals surface area contributed by atoms with E-state index in [9.17, 15) is 8.42 Å². The van der Waals surface area contributed by atoms with E-state index in [1.54, 1.807) is 4.31 Å². The minimum Gasteiger partial charge on any atom is -0.351 e. The summed E-state index contributed by atoms with van der Waals surface area (Å²) in [5, 5.41) is 4.64. The van der Waals surface area contributed by atoms with Gasteiger partial charge in [0.2, 0.25) is 10.0 Å². The van der Waals surface area contributed by atoms with E-state index in [-0.39, 0.29) is 0 Å². The van der Waals surface area contributed by atoms with E-state index in [1.807, 2.05) is 81.8 Å². The monoisotopic (exact) mass is 490 g/mol. The molecule has 0 aliphatic carbocycles. The van der Waals surface area contributed by atoms with Crippen LogP contribution in [0.1, 0.15) is 28.1 Å². The first-order valence-corrected chi connectivity index (χ1v) is 13.2. The van der Waals surface area contributed by atoms with Crippen molar-refractivity contribution in [1.82, 2.24) is 24.1 Å². The summed E-state index contributed by atoms with van der Waals surface area (Å²) in [5.74, 6) is 1.38. The van der Waals surface area contributed by atoms with Gasteiger partial charge in [0, 0.05) is 31.9 Å². The van der Waals surface area contributed by atoms with Gasteiger partial charge in [0.1, 0.15) is 0 Å². The molecule has 5 rings (SSSR count). The molecule has 0 saturated carbocycles. The molecule has 0 radical (unpaired) electrons. The normalized spacial score (nSPS) is 15.2. The molecular weight excluding hydrogens is 460 g/mol. The van der Waals surface area contributed by atoms with Crippen molar-refractivity contribution in [2.75, 3.05) is 31.1 Å². The summed E-state index contributed by atoms with van der Waals surface area (Å²) in [6, 6.07) is 13.7. The summed E-state index contributed by atoms with van der Waals surface area (Å²) >= 11 is 0. The van der Waals surface area contributed by atoms with Gasteiger partial charge in [-0.05, 0) is 63.9 Å². The number of aryl methyl sites for hydroxylation is 5. The van der Waals surface area contributed by atoms with Crippen molar-refractivity contribution in [2.45, 2.75) is 39.5 Å². The number of para-hydroxylation sites is 2. The zero-order chi connectivity index (χ0) is 24.9. The maximum Gasteiger partial charge on any atom is 0.243 e. The van der Waals surface area contributed by atoms with Crippen LogP contribution in [0.4, 0.5) is 5.82 Å². The van der Waals surface area contributed by atoms with Gasteiger partial charge in [-0.1, -0.05) is 29.8 Å². The fraction of sp³-hybridized carbons (Fsp3) is 0.346. The fourth-order valence-corrected chi connectivity index (χ4v) is 6.86. The highest BCUT2D eigenvalue weighted by Crippen LogP contribution is 2.29. The van der Waals surface area contributed by atoms with E-state index >= 15 is 0 Å². The van der Waals surface area contributed by atoms with Crippen LogP contribution in [-0.4, -0.2) is 58.7 Å². The number of nitrogens with zero attached hydrogens (tertiary/aromatic N) is 6. The maximum atomic E-state index is 13.6. The first-order chi connectivity index (χ1) is 16.6. The molecule has 1 aliphatic heterocycles. The van der Waals surface area contributed by atoms with Gasteiger partial charge in [-0.25, -0.2) is 23.1 Å². The molecule has 1 saturated heterocycles. The van der Waals surface area contributed by atoms with Gasteiger partial charge in [0.05, 0.1) is 21.6 Å². The summed E-state index contributed by atoms with van der Waals surface area (Å²) in [7, 11) is -3.59. The van der Waals surface area contributed by atoms with Gasteiger partial charge >= 0.3 is 0 Å². The minimum atomic E-state index is -3.59. The Bertz CT molecular complexity index is 1510. The zero-order valence-electron chi connectivity index (χ0n) is 20.8. The number of rotatable bonds is 4. The van der Waals surface area contributed by atoms with Crippen LogP contribution in [0.2, 0.25) is 0 Å². The van der Waals surface area contributed by atoms with E-state index in [1.165, 1.54) is 0 Å². The van der Waals surface area contributed by atoms with Crippen LogP contribution in [0.15, 0.2) is 47.4 Å². The first-order valence-electron chi connectivity index (χ1n) is 11.8. The van der Waals surface area contributed by atoms with Crippen LogP contribution in [-0.2, 0) is 10.0 Å². The molecular formula is C26H30N6O2S. The van der Waals surface area contributed by atoms with Crippen molar-refractivity contribution >= 4 is 26.9 Å². The smallest absolute Gasteiger partial charge is 0.243 e. The second kappa shape index (κ2) is 8.73. The Hall–Kier alpha value is -3.30. The Labute approximate surface area is 206 Å². The van der Waals surface area contributed by atoms with Crippen LogP contribution >= 0.6 is 0 Å². The summed E-state index contributed by atoms with van der Waals surface area (Å²) in [4.78, 5) is 12.4. The summed E-state index contributed by atoms with van der Waals surface area (Å²) in [5.41, 5.74) is 6.12. The maximum absolute atomic E-state index is 13.6. The predicted octanol–water partition coefficient (Wildman–Crippen LogP) is 3.87. The summed E-state index contributed by atoms with van der Waals surface area (Å²) < 4.78 is 30.5. The molecule has 1 fully saturated rings. The van der Waals surface area contributed by atoms with Crippen molar-refractivity contribution in [3.8, 4) is 5.82 Å². The minimum absolute atomic E-state index is 0.375. The number of hydrogen-bond donors (Lipinski definition) is 0. The van der Waals surface area contributed by atoms with E-state index < -0.39 is 10.0 Å². The lowest BCUT2D eigenvalue weighted by atomic mass is 10.1. The average molecular weight is 491 g/mol. The Kier molecular flexibility index (Phi) is 5.85. The highest BCUT2D eigenvalue weighted by Gasteiger charge is 2.32. The molecule has 8 nitrogen and oxygen atoms in total. The van der Waals surface area contributed by atoms with Crippen molar-refractivity contribution in [3.05, 3.63) is 70.5 Å². The molecule has 35 heavy (non-hydrogen) atoms. The predicted molar refractivity (Wildman–Crippen MR) is 138 cm³/mol. The van der Waals surface area contributed by atoms with E-state index in [0.29, 0.717) is 36.9 Å². The molecule has 0 amide bonds. The lowest BCUT2D eigenvalue weighted by molar-refractivity contribution is 0.383.